The Morgan fingerprint density at radius 1 is 0.435 bits per heavy atom. The first-order valence-corrected chi connectivity index (χ1v) is 19.4. The van der Waals surface area contributed by atoms with Crippen LogP contribution in [0.25, 0.3) is 89.7 Å². The molecule has 0 aliphatic carbocycles. The van der Waals surface area contributed by atoms with E-state index in [0.717, 1.165) is 24.3 Å². The fourth-order valence-electron chi connectivity index (χ4n) is 7.51. The van der Waals surface area contributed by atoms with Crippen LogP contribution >= 0.6 is 0 Å². The Bertz CT molecular complexity index is 3810. The Morgan fingerprint density at radius 3 is 1.14 bits per heavy atom. The van der Waals surface area contributed by atoms with E-state index < -0.39 is 194 Å². The van der Waals surface area contributed by atoms with Crippen LogP contribution in [0, 0.1) is 87.3 Å². The summed E-state index contributed by atoms with van der Waals surface area (Å²) in [5, 5.41) is -5.73. The lowest BCUT2D eigenvalue weighted by Gasteiger charge is -2.13. The molecule has 0 saturated heterocycles. The summed E-state index contributed by atoms with van der Waals surface area (Å²) in [7, 11) is 0. The van der Waals surface area contributed by atoms with E-state index in [1.54, 1.807) is 0 Å². The molecule has 5 aromatic carbocycles. The number of aromatic nitrogens is 8. The minimum atomic E-state index is -2.53. The van der Waals surface area contributed by atoms with Gasteiger partial charge in [-0.3, -0.25) is 0 Å². The summed E-state index contributed by atoms with van der Waals surface area (Å²) in [6, 6.07) is 4.25. The summed E-state index contributed by atoms with van der Waals surface area (Å²) < 4.78 is 243. The Kier molecular flexibility index (Phi) is 10.3. The van der Waals surface area contributed by atoms with Crippen LogP contribution in [-0.2, 0) is 4.74 Å². The number of esters is 1. The first-order chi connectivity index (χ1) is 32.8. The maximum atomic E-state index is 16.3. The normalized spacial score (nSPS) is 12.0. The first kappa shape index (κ1) is 44.5. The molecule has 0 saturated carbocycles. The Hall–Kier alpha value is -8.32. The molecule has 26 heteroatoms. The molecule has 0 unspecified atom stereocenters. The molecule has 11 nitrogen and oxygen atoms in total. The van der Waals surface area contributed by atoms with Crippen molar-refractivity contribution in [3.63, 3.8) is 0 Å². The number of carbonyl (C=O) groups excluding carboxylic acids is 1. The second kappa shape index (κ2) is 15.9. The summed E-state index contributed by atoms with van der Waals surface area (Å²) in [4.78, 5) is 39.3. The van der Waals surface area contributed by atoms with Gasteiger partial charge in [-0.25, -0.2) is 96.2 Å². The first-order valence-electron chi connectivity index (χ1n) is 19.4. The molecule has 3 aromatic heterocycles. The van der Waals surface area contributed by atoms with E-state index in [1.807, 2.05) is 6.92 Å². The number of H-pyrrole nitrogens is 2. The molecule has 0 radical (unpaired) electrons. The number of aromatic amines is 2. The molecule has 8 bridgehead atoms. The second-order valence-corrected chi connectivity index (χ2v) is 14.8. The van der Waals surface area contributed by atoms with Crippen LogP contribution in [0.1, 0.15) is 30.1 Å². The average Bonchev–Trinajstić information content (AvgIpc) is 4.08. The van der Waals surface area contributed by atoms with Crippen LogP contribution in [0.5, 0.6) is 11.5 Å². The van der Waals surface area contributed by atoms with Crippen molar-refractivity contribution in [1.29, 1.82) is 0 Å². The van der Waals surface area contributed by atoms with E-state index in [2.05, 4.69) is 39.9 Å². The SMILES string of the molecule is CCCCOC(=O)c1ccc(Oc2c(F)c(F)c(F)c3c2-c2nc-3nc3[nH]c(nc4nc(nc5[nH]c(n2)c2c(F)c(F)c(F)c(F)c52)-c2c(F)c(F)c(F)c(F)c2-4)c2c(F)c(F)c(F)c(F)c32)cc1. The number of rotatable bonds is 6. The highest BCUT2D eigenvalue weighted by Crippen LogP contribution is 2.48. The number of carbonyl (C=O) groups is 1. The Morgan fingerprint density at radius 2 is 0.768 bits per heavy atom. The van der Waals surface area contributed by atoms with Crippen molar-refractivity contribution in [2.24, 2.45) is 0 Å². The van der Waals surface area contributed by atoms with Gasteiger partial charge in [-0.1, -0.05) is 13.3 Å². The number of unbranched alkanes of at least 4 members (excludes halogenated alkanes) is 1. The molecule has 0 atom stereocenters. The van der Waals surface area contributed by atoms with Gasteiger partial charge in [0.15, 0.2) is 110 Å². The summed E-state index contributed by atoms with van der Waals surface area (Å²) >= 11 is 0. The van der Waals surface area contributed by atoms with Crippen molar-refractivity contribution in [3.05, 3.63) is 117 Å². The molecule has 350 valence electrons. The van der Waals surface area contributed by atoms with Crippen LogP contribution in [0.2, 0.25) is 0 Å². The van der Waals surface area contributed by atoms with E-state index in [4.69, 9.17) is 9.47 Å². The third-order valence-electron chi connectivity index (χ3n) is 10.7. The van der Waals surface area contributed by atoms with Gasteiger partial charge in [0, 0.05) is 0 Å². The quantitative estimate of drug-likeness (QED) is 0.0547. The third-order valence-corrected chi connectivity index (χ3v) is 10.7. The van der Waals surface area contributed by atoms with Crippen molar-refractivity contribution in [1.82, 2.24) is 39.9 Å². The molecule has 2 N–H and O–H groups in total. The molecule has 2 aliphatic heterocycles. The van der Waals surface area contributed by atoms with Crippen LogP contribution in [-0.4, -0.2) is 52.4 Å². The molecular weight excluding hydrogens is 961 g/mol. The maximum Gasteiger partial charge on any atom is 0.338 e. The van der Waals surface area contributed by atoms with Crippen molar-refractivity contribution < 1.29 is 80.1 Å². The Labute approximate surface area is 370 Å². The number of hydrogen-bond donors (Lipinski definition) is 2. The molecule has 69 heavy (non-hydrogen) atoms. The number of ether oxygens (including phenoxy) is 2. The highest BCUT2D eigenvalue weighted by atomic mass is 19.2. The smallest absolute Gasteiger partial charge is 0.338 e. The number of benzene rings is 5. The van der Waals surface area contributed by atoms with Crippen LogP contribution in [0.15, 0.2) is 24.3 Å². The number of fused-ring (bicyclic) bond motifs is 20. The number of nitrogens with zero attached hydrogens (tertiary/aromatic N) is 6. The second-order valence-electron chi connectivity index (χ2n) is 14.8. The van der Waals surface area contributed by atoms with Gasteiger partial charge in [0.1, 0.15) is 28.3 Å². The van der Waals surface area contributed by atoms with E-state index in [-0.39, 0.29) is 12.2 Å². The molecule has 0 amide bonds. The molecule has 10 rings (SSSR count). The monoisotopic (exact) mass is 976 g/mol. The molecular formula is C43H15F15N8O3. The Balaban J connectivity index is 1.37. The van der Waals surface area contributed by atoms with E-state index in [0.29, 0.717) is 12.8 Å². The predicted octanol–water partition coefficient (Wildman–Crippen LogP) is 11.7. The van der Waals surface area contributed by atoms with E-state index >= 15 is 43.9 Å². The van der Waals surface area contributed by atoms with Gasteiger partial charge in [-0.05, 0) is 30.7 Å². The fraction of sp³-hybridized carbons (Fsp3) is 0.0930. The van der Waals surface area contributed by atoms with Gasteiger partial charge in [-0.2, -0.15) is 4.39 Å². The highest BCUT2D eigenvalue weighted by molar-refractivity contribution is 6.07. The van der Waals surface area contributed by atoms with Crippen LogP contribution < -0.4 is 4.74 Å². The van der Waals surface area contributed by atoms with Gasteiger partial charge < -0.3 is 19.4 Å². The van der Waals surface area contributed by atoms with E-state index in [1.165, 1.54) is 0 Å². The lowest BCUT2D eigenvalue weighted by Crippen LogP contribution is -2.06. The molecule has 0 fully saturated rings. The third kappa shape index (κ3) is 6.51. The molecule has 0 spiro atoms. The molecule has 5 heterocycles. The van der Waals surface area contributed by atoms with Crippen molar-refractivity contribution >= 4 is 50.1 Å². The van der Waals surface area contributed by atoms with Gasteiger partial charge >= 0.3 is 5.97 Å². The van der Waals surface area contributed by atoms with Crippen molar-refractivity contribution in [2.75, 3.05) is 6.61 Å². The molecule has 2 aliphatic rings. The lowest BCUT2D eigenvalue weighted by atomic mass is 10.1. The summed E-state index contributed by atoms with van der Waals surface area (Å²) in [6.45, 7) is 1.88. The summed E-state index contributed by atoms with van der Waals surface area (Å²) in [5.74, 6) is -43.4. The van der Waals surface area contributed by atoms with Gasteiger partial charge in [0.05, 0.1) is 56.0 Å². The largest absolute Gasteiger partial charge is 0.462 e. The zero-order valence-corrected chi connectivity index (χ0v) is 33.5. The number of nitrogens with one attached hydrogen (secondary N) is 2. The van der Waals surface area contributed by atoms with Gasteiger partial charge in [0.2, 0.25) is 5.82 Å². The average molecular weight is 977 g/mol. The van der Waals surface area contributed by atoms with Crippen LogP contribution in [0.3, 0.4) is 0 Å². The van der Waals surface area contributed by atoms with Gasteiger partial charge in [0.25, 0.3) is 0 Å². The number of hydrogen-bond acceptors (Lipinski definition) is 9. The predicted molar refractivity (Wildman–Crippen MR) is 207 cm³/mol. The fourth-order valence-corrected chi connectivity index (χ4v) is 7.51. The van der Waals surface area contributed by atoms with E-state index in [9.17, 15) is 26.7 Å². The van der Waals surface area contributed by atoms with Crippen molar-refractivity contribution in [3.8, 4) is 57.1 Å². The van der Waals surface area contributed by atoms with Gasteiger partial charge in [-0.15, -0.1) is 0 Å². The highest BCUT2D eigenvalue weighted by Gasteiger charge is 2.38. The molecule has 8 aromatic rings. The van der Waals surface area contributed by atoms with Crippen LogP contribution in [0.4, 0.5) is 65.9 Å². The topological polar surface area (TPSA) is 144 Å². The minimum Gasteiger partial charge on any atom is -0.462 e. The standard InChI is InChI=1S/C43H15F15N8O3/c1-2-3-8-68-43(67)9-4-6-10(7-5-9)69-34-18-17(25(50)32(57)33(34)58)41-64-39-14-13(21(46)28(53)29(54)22(14)47)37(62-39)60-35-11-12(20(45)27(52)26(51)19(11)44)36(59-35)61-38-15-16(40(63-38)65-42(18)66-41)24(49)31(56)30(55)23(15)48/h4-7H,2-3,8H2,1H3,(H2,59,60,61,62,63,64,65,66). The number of halogens is 15. The minimum absolute atomic E-state index is 0.0444. The maximum absolute atomic E-state index is 16.3. The zero-order chi connectivity index (χ0) is 49.2. The summed E-state index contributed by atoms with van der Waals surface area (Å²) in [5.41, 5.74) is -10.5. The lowest BCUT2D eigenvalue weighted by molar-refractivity contribution is 0.0499. The summed E-state index contributed by atoms with van der Waals surface area (Å²) in [6.07, 6.45) is 1.19. The zero-order valence-electron chi connectivity index (χ0n) is 33.5. The van der Waals surface area contributed by atoms with Crippen molar-refractivity contribution in [2.45, 2.75) is 19.8 Å².